The van der Waals surface area contributed by atoms with Gasteiger partial charge in [-0.3, -0.25) is 4.79 Å². The van der Waals surface area contributed by atoms with Crippen LogP contribution in [-0.4, -0.2) is 30.1 Å². The molecule has 3 nitrogen and oxygen atoms in total. The van der Waals surface area contributed by atoms with Crippen LogP contribution in [-0.2, 0) is 0 Å². The minimum absolute atomic E-state index is 0.00892. The predicted octanol–water partition coefficient (Wildman–Crippen LogP) is 4.38. The van der Waals surface area contributed by atoms with Crippen LogP contribution in [0.15, 0.2) is 12.1 Å². The molecule has 0 saturated carbocycles. The van der Waals surface area contributed by atoms with E-state index in [0.29, 0.717) is 12.8 Å². The van der Waals surface area contributed by atoms with Gasteiger partial charge in [-0.15, -0.1) is 0 Å². The number of nitrogen functional groups attached to an aromatic ring is 1. The molecule has 0 heterocycles. The normalized spacial score (nSPS) is 11.5. The first-order valence-electron chi connectivity index (χ1n) is 6.26. The number of anilines is 1. The van der Waals surface area contributed by atoms with Gasteiger partial charge in [-0.1, -0.05) is 36.5 Å². The Balaban J connectivity index is 3.04. The first-order valence-corrected chi connectivity index (χ1v) is 7.02. The van der Waals surface area contributed by atoms with Crippen LogP contribution in [0, 0.1) is 0 Å². The second-order valence-electron chi connectivity index (χ2n) is 4.56. The highest BCUT2D eigenvalue weighted by Crippen LogP contribution is 2.30. The number of carbonyl (C=O) groups excluding carboxylic acids is 1. The SMILES string of the molecule is CCCCN(CC(F)(F)F)C(=O)c1cc(N)c(Cl)c(Cl)c1. The third-order valence-electron chi connectivity index (χ3n) is 2.74. The van der Waals surface area contributed by atoms with Crippen LogP contribution >= 0.6 is 23.2 Å². The zero-order chi connectivity index (χ0) is 16.2. The molecule has 1 amide bonds. The summed E-state index contributed by atoms with van der Waals surface area (Å²) >= 11 is 11.6. The summed E-state index contributed by atoms with van der Waals surface area (Å²) in [6.07, 6.45) is -3.32. The maximum Gasteiger partial charge on any atom is 0.406 e. The summed E-state index contributed by atoms with van der Waals surface area (Å²) in [5, 5.41) is 0.103. The molecule has 1 aromatic rings. The van der Waals surface area contributed by atoms with Gasteiger partial charge in [0, 0.05) is 12.1 Å². The summed E-state index contributed by atoms with van der Waals surface area (Å²) in [5.41, 5.74) is 5.62. The Kier molecular flexibility index (Phi) is 6.16. The van der Waals surface area contributed by atoms with E-state index in [9.17, 15) is 18.0 Å². The average Bonchev–Trinajstić information content (AvgIpc) is 2.38. The smallest absolute Gasteiger partial charge is 0.397 e. The number of rotatable bonds is 5. The quantitative estimate of drug-likeness (QED) is 0.807. The van der Waals surface area contributed by atoms with Crippen molar-refractivity contribution in [1.29, 1.82) is 0 Å². The first kappa shape index (κ1) is 17.9. The highest BCUT2D eigenvalue weighted by Gasteiger charge is 2.33. The van der Waals surface area contributed by atoms with Crippen molar-refractivity contribution < 1.29 is 18.0 Å². The fourth-order valence-corrected chi connectivity index (χ4v) is 2.07. The van der Waals surface area contributed by atoms with Crippen LogP contribution in [0.5, 0.6) is 0 Å². The number of unbranched alkanes of at least 4 members (excludes halogenated alkanes) is 1. The molecule has 0 aliphatic heterocycles. The van der Waals surface area contributed by atoms with E-state index < -0.39 is 18.6 Å². The number of carbonyl (C=O) groups is 1. The fourth-order valence-electron chi connectivity index (χ4n) is 1.73. The molecule has 0 bridgehead atoms. The summed E-state index contributed by atoms with van der Waals surface area (Å²) in [6, 6.07) is 2.45. The summed E-state index contributed by atoms with van der Waals surface area (Å²) < 4.78 is 37.7. The van der Waals surface area contributed by atoms with E-state index in [1.54, 1.807) is 0 Å². The van der Waals surface area contributed by atoms with Crippen LogP contribution < -0.4 is 5.73 Å². The molecule has 0 aliphatic rings. The third-order valence-corrected chi connectivity index (χ3v) is 3.56. The van der Waals surface area contributed by atoms with Crippen LogP contribution in [0.4, 0.5) is 18.9 Å². The largest absolute Gasteiger partial charge is 0.406 e. The van der Waals surface area contributed by atoms with Crippen molar-refractivity contribution >= 4 is 34.8 Å². The van der Waals surface area contributed by atoms with E-state index in [2.05, 4.69) is 0 Å². The minimum atomic E-state index is -4.47. The molecule has 0 unspecified atom stereocenters. The lowest BCUT2D eigenvalue weighted by Gasteiger charge is -2.24. The van der Waals surface area contributed by atoms with Gasteiger partial charge in [0.25, 0.3) is 5.91 Å². The summed E-state index contributed by atoms with van der Waals surface area (Å²) in [7, 11) is 0. The van der Waals surface area contributed by atoms with Gasteiger partial charge in [0.15, 0.2) is 0 Å². The molecule has 1 rings (SSSR count). The van der Waals surface area contributed by atoms with Gasteiger partial charge in [-0.25, -0.2) is 0 Å². The molecule has 0 aromatic heterocycles. The van der Waals surface area contributed by atoms with E-state index in [1.165, 1.54) is 12.1 Å². The van der Waals surface area contributed by atoms with Crippen LogP contribution in [0.2, 0.25) is 10.0 Å². The van der Waals surface area contributed by atoms with Crippen LogP contribution in [0.1, 0.15) is 30.1 Å². The lowest BCUT2D eigenvalue weighted by molar-refractivity contribution is -0.140. The minimum Gasteiger partial charge on any atom is -0.397 e. The lowest BCUT2D eigenvalue weighted by Crippen LogP contribution is -2.39. The van der Waals surface area contributed by atoms with Crippen molar-refractivity contribution in [3.8, 4) is 0 Å². The number of benzene rings is 1. The monoisotopic (exact) mass is 342 g/mol. The number of nitrogens with zero attached hydrogens (tertiary/aromatic N) is 1. The van der Waals surface area contributed by atoms with Gasteiger partial charge >= 0.3 is 6.18 Å². The van der Waals surface area contributed by atoms with Crippen LogP contribution in [0.3, 0.4) is 0 Å². The Bertz CT molecular complexity index is 498. The highest BCUT2D eigenvalue weighted by molar-refractivity contribution is 6.43. The standard InChI is InChI=1S/C13H15Cl2F3N2O/c1-2-3-4-20(7-13(16,17)18)12(21)8-5-9(14)11(15)10(19)6-8/h5-6H,2-4,7,19H2,1H3. The molecule has 2 N–H and O–H groups in total. The average molecular weight is 343 g/mol. The maximum atomic E-state index is 12.6. The molecule has 1 aromatic carbocycles. The number of nitrogens with two attached hydrogens (primary N) is 1. The van der Waals surface area contributed by atoms with Crippen LogP contribution in [0.25, 0.3) is 0 Å². The lowest BCUT2D eigenvalue weighted by atomic mass is 10.1. The van der Waals surface area contributed by atoms with Gasteiger partial charge in [-0.05, 0) is 18.6 Å². The molecule has 0 spiro atoms. The van der Waals surface area contributed by atoms with Crippen molar-refractivity contribution in [1.82, 2.24) is 4.90 Å². The Hall–Kier alpha value is -1.14. The van der Waals surface area contributed by atoms with Gasteiger partial charge < -0.3 is 10.6 Å². The fraction of sp³-hybridized carbons (Fsp3) is 0.462. The first-order chi connectivity index (χ1) is 9.65. The maximum absolute atomic E-state index is 12.6. The van der Waals surface area contributed by atoms with Crippen molar-refractivity contribution in [2.45, 2.75) is 25.9 Å². The van der Waals surface area contributed by atoms with Gasteiger partial charge in [0.2, 0.25) is 0 Å². The summed E-state index contributed by atoms with van der Waals surface area (Å²) in [5.74, 6) is -0.772. The zero-order valence-corrected chi connectivity index (χ0v) is 12.8. The molecule has 0 fully saturated rings. The summed E-state index contributed by atoms with van der Waals surface area (Å²) in [4.78, 5) is 13.0. The Labute approximate surface area is 130 Å². The molecule has 0 radical (unpaired) electrons. The van der Waals surface area contributed by atoms with E-state index in [0.717, 1.165) is 4.90 Å². The number of halogens is 5. The zero-order valence-electron chi connectivity index (χ0n) is 11.3. The summed E-state index contributed by atoms with van der Waals surface area (Å²) in [6.45, 7) is 0.522. The number of hydrogen-bond donors (Lipinski definition) is 1. The van der Waals surface area contributed by atoms with Gasteiger partial charge in [0.05, 0.1) is 15.7 Å². The van der Waals surface area contributed by atoms with Crippen molar-refractivity contribution in [2.24, 2.45) is 0 Å². The predicted molar refractivity (Wildman–Crippen MR) is 77.7 cm³/mol. The number of hydrogen-bond acceptors (Lipinski definition) is 2. The molecule has 0 atom stereocenters. The Morgan fingerprint density at radius 3 is 2.43 bits per heavy atom. The number of amides is 1. The van der Waals surface area contributed by atoms with E-state index >= 15 is 0 Å². The van der Waals surface area contributed by atoms with E-state index in [-0.39, 0.29) is 27.8 Å². The van der Waals surface area contributed by atoms with Crippen molar-refractivity contribution in [3.05, 3.63) is 27.7 Å². The molecule has 0 aliphatic carbocycles. The Morgan fingerprint density at radius 1 is 1.33 bits per heavy atom. The second kappa shape index (κ2) is 7.22. The van der Waals surface area contributed by atoms with Crippen molar-refractivity contribution in [3.63, 3.8) is 0 Å². The highest BCUT2D eigenvalue weighted by atomic mass is 35.5. The molecule has 21 heavy (non-hydrogen) atoms. The topological polar surface area (TPSA) is 46.3 Å². The molecular formula is C13H15Cl2F3N2O. The van der Waals surface area contributed by atoms with Gasteiger partial charge in [-0.2, -0.15) is 13.2 Å². The molecular weight excluding hydrogens is 328 g/mol. The second-order valence-corrected chi connectivity index (χ2v) is 5.34. The third kappa shape index (κ3) is 5.28. The molecule has 8 heteroatoms. The van der Waals surface area contributed by atoms with E-state index in [4.69, 9.17) is 28.9 Å². The molecule has 0 saturated heterocycles. The molecule has 118 valence electrons. The number of alkyl halides is 3. The van der Waals surface area contributed by atoms with Crippen molar-refractivity contribution in [2.75, 3.05) is 18.8 Å². The Morgan fingerprint density at radius 2 is 1.95 bits per heavy atom. The van der Waals surface area contributed by atoms with E-state index in [1.807, 2.05) is 6.92 Å². The van der Waals surface area contributed by atoms with Gasteiger partial charge in [0.1, 0.15) is 6.54 Å².